The van der Waals surface area contributed by atoms with Crippen LogP contribution >= 0.6 is 0 Å². The van der Waals surface area contributed by atoms with Crippen molar-refractivity contribution in [2.24, 2.45) is 0 Å². The lowest BCUT2D eigenvalue weighted by atomic mass is 9.95. The minimum Gasteiger partial charge on any atom is -0.394 e. The Kier molecular flexibility index (Phi) is 14.0. The Morgan fingerprint density at radius 2 is 0.809 bits per heavy atom. The van der Waals surface area contributed by atoms with Gasteiger partial charge >= 0.3 is 0 Å². The molecule has 0 amide bonds. The first-order valence-corrected chi connectivity index (χ1v) is 14.9. The Labute approximate surface area is 267 Å². The first kappa shape index (κ1) is 39.0. The van der Waals surface area contributed by atoms with Gasteiger partial charge in [-0.15, -0.1) is 0 Å². The van der Waals surface area contributed by atoms with Gasteiger partial charge in [-0.25, -0.2) is 0 Å². The number of aliphatic hydroxyl groups excluding tert-OH is 12. The van der Waals surface area contributed by atoms with Crippen LogP contribution in [-0.2, 0) is 42.6 Å². The highest BCUT2D eigenvalue weighted by Gasteiger charge is 2.54. The largest absolute Gasteiger partial charge is 0.394 e. The quantitative estimate of drug-likeness (QED) is 0.0902. The van der Waals surface area contributed by atoms with E-state index in [2.05, 4.69) is 0 Å². The molecule has 4 saturated heterocycles. The van der Waals surface area contributed by atoms with Crippen LogP contribution < -0.4 is 0 Å². The maximum Gasteiger partial charge on any atom is 0.187 e. The van der Waals surface area contributed by atoms with E-state index in [1.54, 1.807) is 0 Å². The molecule has 0 bridgehead atoms. The summed E-state index contributed by atoms with van der Waals surface area (Å²) >= 11 is 0. The fourth-order valence-electron chi connectivity index (χ4n) is 5.87. The van der Waals surface area contributed by atoms with Crippen molar-refractivity contribution < 1.29 is 104 Å². The molecule has 4 aliphatic rings. The second kappa shape index (κ2) is 16.9. The Hall–Kier alpha value is -0.840. The number of ether oxygens (including phenoxy) is 9. The fourth-order valence-corrected chi connectivity index (χ4v) is 5.87. The molecule has 0 radical (unpaired) electrons. The van der Waals surface area contributed by atoms with E-state index in [9.17, 15) is 61.3 Å². The molecule has 0 spiro atoms. The third kappa shape index (κ3) is 8.06. The maximum absolute atomic E-state index is 11.3. The highest BCUT2D eigenvalue weighted by atomic mass is 16.8. The molecular formula is C26H46O21. The molecule has 276 valence electrons. The van der Waals surface area contributed by atoms with E-state index in [1.165, 1.54) is 14.2 Å². The SMILES string of the molecule is CO[C@@H]1OC(CO)[C@@H](O)[C@H](O[C@@H]2OC(CO[C@@H]3OC(CO)[C@@H](O)[C@H](O)C3O)[C@@H](O)[C@H](O[C@@H]3OC(CO)[C@@H](O)[C@H](OC)C3O)C2O)C1O. The summed E-state index contributed by atoms with van der Waals surface area (Å²) in [5.74, 6) is 0. The number of methoxy groups -OCH3 is 2. The van der Waals surface area contributed by atoms with Crippen LogP contribution in [0.15, 0.2) is 0 Å². The summed E-state index contributed by atoms with van der Waals surface area (Å²) in [4.78, 5) is 0. The van der Waals surface area contributed by atoms with Gasteiger partial charge < -0.3 is 104 Å². The first-order valence-electron chi connectivity index (χ1n) is 14.9. The van der Waals surface area contributed by atoms with E-state index in [0.29, 0.717) is 0 Å². The molecule has 0 aromatic carbocycles. The lowest BCUT2D eigenvalue weighted by molar-refractivity contribution is -0.384. The summed E-state index contributed by atoms with van der Waals surface area (Å²) in [5.41, 5.74) is 0. The number of rotatable bonds is 12. The van der Waals surface area contributed by atoms with Gasteiger partial charge in [-0.05, 0) is 0 Å². The van der Waals surface area contributed by atoms with E-state index < -0.39 is 149 Å². The lowest BCUT2D eigenvalue weighted by Crippen LogP contribution is -2.67. The zero-order valence-electron chi connectivity index (χ0n) is 25.4. The summed E-state index contributed by atoms with van der Waals surface area (Å²) in [5, 5.41) is 125. The highest BCUT2D eigenvalue weighted by Crippen LogP contribution is 2.34. The summed E-state index contributed by atoms with van der Waals surface area (Å²) in [7, 11) is 2.34. The molecule has 0 aliphatic carbocycles. The molecule has 8 unspecified atom stereocenters. The summed E-state index contributed by atoms with van der Waals surface area (Å²) in [6, 6.07) is 0. The van der Waals surface area contributed by atoms with Crippen molar-refractivity contribution in [2.45, 2.75) is 123 Å². The fraction of sp³-hybridized carbons (Fsp3) is 1.00. The predicted molar refractivity (Wildman–Crippen MR) is 143 cm³/mol. The van der Waals surface area contributed by atoms with Crippen molar-refractivity contribution in [1.82, 2.24) is 0 Å². The van der Waals surface area contributed by atoms with Gasteiger partial charge in [0.2, 0.25) is 0 Å². The van der Waals surface area contributed by atoms with Crippen LogP contribution in [0.2, 0.25) is 0 Å². The summed E-state index contributed by atoms with van der Waals surface area (Å²) < 4.78 is 49.0. The molecule has 47 heavy (non-hydrogen) atoms. The second-order valence-corrected chi connectivity index (χ2v) is 11.6. The van der Waals surface area contributed by atoms with Gasteiger partial charge in [-0.3, -0.25) is 0 Å². The molecule has 4 rings (SSSR count). The second-order valence-electron chi connectivity index (χ2n) is 11.6. The zero-order chi connectivity index (χ0) is 34.7. The molecule has 4 aliphatic heterocycles. The maximum atomic E-state index is 11.3. The smallest absolute Gasteiger partial charge is 0.187 e. The third-order valence-electron chi connectivity index (χ3n) is 8.65. The van der Waals surface area contributed by atoms with Gasteiger partial charge in [0.1, 0.15) is 97.7 Å². The molecule has 12 N–H and O–H groups in total. The summed E-state index contributed by atoms with van der Waals surface area (Å²) in [6.45, 7) is -2.92. The topological polar surface area (TPSA) is 326 Å². The highest BCUT2D eigenvalue weighted by molar-refractivity contribution is 4.97. The Morgan fingerprint density at radius 3 is 1.32 bits per heavy atom. The predicted octanol–water partition coefficient (Wildman–Crippen LogP) is -8.44. The Balaban J connectivity index is 1.58. The van der Waals surface area contributed by atoms with Gasteiger partial charge in [0, 0.05) is 14.2 Å². The molecular weight excluding hydrogens is 648 g/mol. The van der Waals surface area contributed by atoms with Gasteiger partial charge in [0.25, 0.3) is 0 Å². The van der Waals surface area contributed by atoms with Crippen molar-refractivity contribution in [1.29, 1.82) is 0 Å². The zero-order valence-corrected chi connectivity index (χ0v) is 25.4. The molecule has 21 heteroatoms. The van der Waals surface area contributed by atoms with Crippen molar-refractivity contribution in [3.63, 3.8) is 0 Å². The van der Waals surface area contributed by atoms with Crippen LogP contribution in [0.1, 0.15) is 0 Å². The van der Waals surface area contributed by atoms with Crippen LogP contribution in [0, 0.1) is 0 Å². The van der Waals surface area contributed by atoms with Gasteiger partial charge in [0.15, 0.2) is 25.2 Å². The Morgan fingerprint density at radius 1 is 0.404 bits per heavy atom. The van der Waals surface area contributed by atoms with Crippen molar-refractivity contribution in [3.05, 3.63) is 0 Å². The van der Waals surface area contributed by atoms with E-state index >= 15 is 0 Å². The molecule has 4 heterocycles. The third-order valence-corrected chi connectivity index (χ3v) is 8.65. The molecule has 21 nitrogen and oxygen atoms in total. The molecule has 0 aromatic heterocycles. The average Bonchev–Trinajstić information content (AvgIpc) is 3.06. The van der Waals surface area contributed by atoms with Crippen molar-refractivity contribution in [3.8, 4) is 0 Å². The van der Waals surface area contributed by atoms with Crippen LogP contribution in [0.3, 0.4) is 0 Å². The van der Waals surface area contributed by atoms with E-state index in [0.717, 1.165) is 0 Å². The minimum atomic E-state index is -1.99. The standard InChI is InChI=1S/C26H46O21/c1-39-20-12(31)8(4-28)44-25(17(20)36)47-22-14(33)10(6-41-24-16(35)15(34)11(30)7(3-27)43-24)45-26(19(22)38)46-21-13(32)9(5-29)42-23(40-2)18(21)37/h7-38H,3-6H2,1-2H3/t7?,8?,9?,10?,11-,12-,13-,14-,15+,16?,17?,18?,19?,20+,21+,22+,23-,24-,25+,26+/m1/s1. The normalized spacial score (nSPS) is 51.2. The monoisotopic (exact) mass is 694 g/mol. The van der Waals surface area contributed by atoms with Gasteiger partial charge in [0.05, 0.1) is 26.4 Å². The Bertz CT molecular complexity index is 932. The van der Waals surface area contributed by atoms with Crippen molar-refractivity contribution >= 4 is 0 Å². The van der Waals surface area contributed by atoms with Crippen LogP contribution in [0.25, 0.3) is 0 Å². The summed E-state index contributed by atoms with van der Waals surface area (Å²) in [6.07, 6.45) is -32.8. The molecule has 4 fully saturated rings. The molecule has 20 atom stereocenters. The van der Waals surface area contributed by atoms with Crippen LogP contribution in [-0.4, -0.2) is 225 Å². The van der Waals surface area contributed by atoms with Crippen LogP contribution in [0.4, 0.5) is 0 Å². The number of aliphatic hydroxyl groups is 12. The van der Waals surface area contributed by atoms with E-state index in [1.807, 2.05) is 0 Å². The number of hydrogen-bond acceptors (Lipinski definition) is 21. The molecule has 0 saturated carbocycles. The van der Waals surface area contributed by atoms with Crippen LogP contribution in [0.5, 0.6) is 0 Å². The molecule has 0 aromatic rings. The average molecular weight is 695 g/mol. The minimum absolute atomic E-state index is 0.706. The van der Waals surface area contributed by atoms with E-state index in [4.69, 9.17) is 42.6 Å². The number of hydrogen-bond donors (Lipinski definition) is 12. The first-order chi connectivity index (χ1) is 22.3. The van der Waals surface area contributed by atoms with Gasteiger partial charge in [-0.1, -0.05) is 0 Å². The van der Waals surface area contributed by atoms with Crippen molar-refractivity contribution in [2.75, 3.05) is 40.6 Å². The van der Waals surface area contributed by atoms with E-state index in [-0.39, 0.29) is 0 Å². The van der Waals surface area contributed by atoms with Gasteiger partial charge in [-0.2, -0.15) is 0 Å². The lowest BCUT2D eigenvalue weighted by Gasteiger charge is -2.48.